The number of benzene rings is 1. The molecule has 4 amide bonds. The maximum atomic E-state index is 13.4. The fraction of sp³-hybridized carbons (Fsp3) is 0.776. The molecule has 0 radical (unpaired) electrons. The van der Waals surface area contributed by atoms with Crippen molar-refractivity contribution in [2.45, 2.75) is 118 Å². The van der Waals surface area contributed by atoms with Crippen molar-refractivity contribution >= 4 is 29.9 Å². The first-order chi connectivity index (χ1) is 35.4. The Bertz CT molecular complexity index is 1570. The molecule has 24 nitrogen and oxygen atoms in total. The number of hydrogen-bond donors (Lipinski definition) is 2. The summed E-state index contributed by atoms with van der Waals surface area (Å²) in [4.78, 5) is 52.0. The van der Waals surface area contributed by atoms with Crippen molar-refractivity contribution in [2.75, 3.05) is 151 Å². The van der Waals surface area contributed by atoms with Crippen molar-refractivity contribution in [2.24, 2.45) is 0 Å². The van der Waals surface area contributed by atoms with E-state index < -0.39 is 12.3 Å². The molecule has 0 spiro atoms. The smallest absolute Gasteiger partial charge is 0.327 e. The van der Waals surface area contributed by atoms with Crippen LogP contribution in [-0.2, 0) is 60.4 Å². The minimum Gasteiger partial charge on any atom is -0.507 e. The van der Waals surface area contributed by atoms with E-state index in [2.05, 4.69) is 42.6 Å². The SMILES string of the molecule is CCCCOCN1C(=O)N(COCCCC)C2C1N(COCCCC)C(=O)N2COCCCC.CCc1cc(C)cc(CO)c1O.COCN(COC)c1nc(N(COC)COC)nc(N(COC)COC)n1. The van der Waals surface area contributed by atoms with Crippen molar-refractivity contribution in [3.8, 4) is 5.75 Å². The number of ether oxygens (including phenoxy) is 10. The zero-order valence-electron chi connectivity index (χ0n) is 46.0. The summed E-state index contributed by atoms with van der Waals surface area (Å²) >= 11 is 0. The Labute approximate surface area is 434 Å². The highest BCUT2D eigenvalue weighted by Crippen LogP contribution is 2.35. The summed E-state index contributed by atoms with van der Waals surface area (Å²) in [7, 11) is 9.48. The number of aromatic hydroxyl groups is 1. The predicted molar refractivity (Wildman–Crippen MR) is 275 cm³/mol. The minimum atomic E-state index is -0.521. The Morgan fingerprint density at radius 1 is 0.493 bits per heavy atom. The molecule has 0 unspecified atom stereocenters. The standard InChI is InChI=1S/C24H46N4O6.C15H30N6O6.C10H14O2/c1-5-9-13-31-17-25-21-22(27(23(25)29)19-33-15-11-7-3)28(20-34-16-12-8-4)24(30)26(21)18-32-14-10-6-2;1-22-7-19(8-23-2)13-16-14(20(9-24-3)10-25-4)18-15(17-13)21(11-26-5)12-27-6;1-3-8-4-7(2)5-9(6-11)10(8)12/h21-22H,5-20H2,1-4H3;7-12H2,1-6H3;4-5,11-12H,3,6H2,1-2H3. The number of urea groups is 2. The molecular weight excluding hydrogens is 953 g/mol. The van der Waals surface area contributed by atoms with E-state index in [1.165, 1.54) is 0 Å². The summed E-state index contributed by atoms with van der Waals surface area (Å²) in [6.07, 6.45) is 7.46. The molecule has 73 heavy (non-hydrogen) atoms. The van der Waals surface area contributed by atoms with E-state index in [9.17, 15) is 14.7 Å². The first kappa shape index (κ1) is 64.6. The topological polar surface area (TPSA) is 228 Å². The molecule has 0 bridgehead atoms. The number of aryl methyl sites for hydroxylation is 2. The number of aromatic nitrogens is 3. The van der Waals surface area contributed by atoms with Crippen LogP contribution in [0.1, 0.15) is 103 Å². The molecular formula is C49H90N10O14. The number of amides is 4. The van der Waals surface area contributed by atoms with Crippen molar-refractivity contribution < 1.29 is 67.2 Å². The summed E-state index contributed by atoms with van der Waals surface area (Å²) in [5.74, 6) is 1.35. The molecule has 24 heteroatoms. The number of hydrogen-bond acceptors (Lipinski definition) is 20. The van der Waals surface area contributed by atoms with Gasteiger partial charge in [-0.1, -0.05) is 78.0 Å². The van der Waals surface area contributed by atoms with Gasteiger partial charge in [-0.25, -0.2) is 9.59 Å². The molecule has 2 N–H and O–H groups in total. The number of methoxy groups -OCH3 is 6. The zero-order valence-corrected chi connectivity index (χ0v) is 46.0. The molecule has 420 valence electrons. The molecule has 2 aromatic rings. The van der Waals surface area contributed by atoms with Crippen LogP contribution >= 0.6 is 0 Å². The number of carbonyl (C=O) groups is 2. The normalized spacial score (nSPS) is 15.1. The van der Waals surface area contributed by atoms with Crippen LogP contribution in [0.4, 0.5) is 27.4 Å². The third kappa shape index (κ3) is 21.0. The van der Waals surface area contributed by atoms with E-state index in [1.54, 1.807) is 83.0 Å². The predicted octanol–water partition coefficient (Wildman–Crippen LogP) is 5.88. The number of nitrogens with zero attached hydrogens (tertiary/aromatic N) is 10. The number of aliphatic hydroxyl groups is 1. The molecule has 0 atom stereocenters. The monoisotopic (exact) mass is 1040 g/mol. The van der Waals surface area contributed by atoms with Gasteiger partial charge in [0.15, 0.2) is 12.3 Å². The number of rotatable bonds is 37. The molecule has 2 aliphatic rings. The Kier molecular flexibility index (Phi) is 33.8. The van der Waals surface area contributed by atoms with Crippen molar-refractivity contribution in [3.05, 3.63) is 28.8 Å². The van der Waals surface area contributed by atoms with Crippen LogP contribution in [-0.4, -0.2) is 206 Å². The van der Waals surface area contributed by atoms with E-state index >= 15 is 0 Å². The van der Waals surface area contributed by atoms with E-state index in [4.69, 9.17) is 52.5 Å². The van der Waals surface area contributed by atoms with E-state index in [0.29, 0.717) is 49.8 Å². The molecule has 2 saturated heterocycles. The number of fused-ring (bicyclic) bond motifs is 1. The van der Waals surface area contributed by atoms with Crippen LogP contribution in [0, 0.1) is 6.92 Å². The molecule has 4 rings (SSSR count). The van der Waals surface area contributed by atoms with E-state index in [1.807, 2.05) is 19.9 Å². The quantitative estimate of drug-likeness (QED) is 0.0595. The number of carbonyl (C=O) groups excluding carboxylic acids is 2. The van der Waals surface area contributed by atoms with Crippen LogP contribution in [0.25, 0.3) is 0 Å². The number of aliphatic hydroxyl groups excluding tert-OH is 1. The maximum absolute atomic E-state index is 13.4. The zero-order chi connectivity index (χ0) is 54.0. The van der Waals surface area contributed by atoms with Crippen molar-refractivity contribution in [1.82, 2.24) is 34.6 Å². The average molecular weight is 1040 g/mol. The molecule has 3 heterocycles. The maximum Gasteiger partial charge on any atom is 0.327 e. The lowest BCUT2D eigenvalue weighted by molar-refractivity contribution is -0.0367. The molecule has 2 fully saturated rings. The number of unbranched alkanes of at least 4 members (excludes halogenated alkanes) is 4. The highest BCUT2D eigenvalue weighted by atomic mass is 16.5. The summed E-state index contributed by atoms with van der Waals surface area (Å²) in [5.41, 5.74) is 2.60. The van der Waals surface area contributed by atoms with Gasteiger partial charge in [-0.2, -0.15) is 15.0 Å². The molecule has 0 aliphatic carbocycles. The van der Waals surface area contributed by atoms with Gasteiger partial charge in [0.1, 0.15) is 73.1 Å². The summed E-state index contributed by atoms with van der Waals surface area (Å²) in [6.45, 7) is 16.4. The van der Waals surface area contributed by atoms with Crippen LogP contribution in [0.5, 0.6) is 5.75 Å². The molecule has 1 aromatic carbocycles. The fourth-order valence-electron chi connectivity index (χ4n) is 7.41. The highest BCUT2D eigenvalue weighted by Gasteiger charge is 2.59. The first-order valence-corrected chi connectivity index (χ1v) is 25.3. The van der Waals surface area contributed by atoms with Gasteiger partial charge in [-0.3, -0.25) is 34.3 Å². The van der Waals surface area contributed by atoms with Gasteiger partial charge in [0.2, 0.25) is 17.8 Å². The second-order valence-electron chi connectivity index (χ2n) is 17.1. The summed E-state index contributed by atoms with van der Waals surface area (Å²) in [5, 5.41) is 18.5. The van der Waals surface area contributed by atoms with Crippen LogP contribution < -0.4 is 14.7 Å². The molecule has 2 aliphatic heterocycles. The minimum absolute atomic E-state index is 0.0967. The lowest BCUT2D eigenvalue weighted by Crippen LogP contribution is -2.48. The second kappa shape index (κ2) is 38.1. The third-order valence-corrected chi connectivity index (χ3v) is 11.1. The van der Waals surface area contributed by atoms with Gasteiger partial charge >= 0.3 is 12.1 Å². The van der Waals surface area contributed by atoms with E-state index in [-0.39, 0.29) is 91.7 Å². The van der Waals surface area contributed by atoms with Crippen molar-refractivity contribution in [3.63, 3.8) is 0 Å². The van der Waals surface area contributed by atoms with Gasteiger partial charge < -0.3 is 57.6 Å². The van der Waals surface area contributed by atoms with Crippen LogP contribution in [0.3, 0.4) is 0 Å². The van der Waals surface area contributed by atoms with Gasteiger partial charge in [0.05, 0.1) is 6.61 Å². The third-order valence-electron chi connectivity index (χ3n) is 11.1. The highest BCUT2D eigenvalue weighted by molar-refractivity contribution is 5.85. The Hall–Kier alpha value is -4.47. The van der Waals surface area contributed by atoms with Gasteiger partial charge in [0.25, 0.3) is 0 Å². The molecule has 1 aromatic heterocycles. The molecule has 0 saturated carbocycles. The van der Waals surface area contributed by atoms with Gasteiger partial charge in [-0.15, -0.1) is 0 Å². The largest absolute Gasteiger partial charge is 0.507 e. The van der Waals surface area contributed by atoms with Gasteiger partial charge in [-0.05, 0) is 44.6 Å². The first-order valence-electron chi connectivity index (χ1n) is 25.3. The summed E-state index contributed by atoms with van der Waals surface area (Å²) < 4.78 is 54.6. The number of phenols is 1. The van der Waals surface area contributed by atoms with Crippen LogP contribution in [0.2, 0.25) is 0 Å². The van der Waals surface area contributed by atoms with Gasteiger partial charge in [0, 0.05) is 74.6 Å². The van der Waals surface area contributed by atoms with Crippen molar-refractivity contribution in [1.29, 1.82) is 0 Å². The average Bonchev–Trinajstić information content (AvgIpc) is 3.81. The van der Waals surface area contributed by atoms with E-state index in [0.717, 1.165) is 68.9 Å². The Morgan fingerprint density at radius 2 is 0.767 bits per heavy atom. The number of anilines is 3. The lowest BCUT2D eigenvalue weighted by Gasteiger charge is -2.29. The van der Waals surface area contributed by atoms with Crippen LogP contribution in [0.15, 0.2) is 12.1 Å². The Balaban J connectivity index is 0.000000415. The fourth-order valence-corrected chi connectivity index (χ4v) is 7.41. The second-order valence-corrected chi connectivity index (χ2v) is 17.1. The summed E-state index contributed by atoms with van der Waals surface area (Å²) in [6, 6.07) is 3.34. The lowest BCUT2D eigenvalue weighted by atomic mass is 10.0. The Morgan fingerprint density at radius 3 is 1.00 bits per heavy atom.